The topological polar surface area (TPSA) is 83.6 Å². The van der Waals surface area contributed by atoms with Crippen LogP contribution < -0.4 is 5.32 Å². The van der Waals surface area contributed by atoms with Crippen molar-refractivity contribution in [1.29, 1.82) is 0 Å². The summed E-state index contributed by atoms with van der Waals surface area (Å²) >= 11 is 0. The van der Waals surface area contributed by atoms with Crippen LogP contribution in [0.2, 0.25) is 0 Å². The number of nitrogens with zero attached hydrogens (tertiary/aromatic N) is 4. The second-order valence-electron chi connectivity index (χ2n) is 9.41. The molecule has 2 amide bonds. The van der Waals surface area contributed by atoms with E-state index >= 15 is 0 Å². The Morgan fingerprint density at radius 3 is 2.59 bits per heavy atom. The Morgan fingerprint density at radius 2 is 1.91 bits per heavy atom. The van der Waals surface area contributed by atoms with Gasteiger partial charge in [-0.1, -0.05) is 12.1 Å². The van der Waals surface area contributed by atoms with Gasteiger partial charge in [-0.2, -0.15) is 0 Å². The fourth-order valence-corrected chi connectivity index (χ4v) is 5.88. The van der Waals surface area contributed by atoms with Gasteiger partial charge in [0.15, 0.2) is 0 Å². The Balaban J connectivity index is 1.49. The lowest BCUT2D eigenvalue weighted by molar-refractivity contribution is -0.384. The van der Waals surface area contributed by atoms with E-state index in [1.54, 1.807) is 12.1 Å². The van der Waals surface area contributed by atoms with Gasteiger partial charge in [-0.25, -0.2) is 4.79 Å². The number of hydrogen-bond acceptors (Lipinski definition) is 4. The van der Waals surface area contributed by atoms with Crippen molar-refractivity contribution >= 4 is 22.6 Å². The Labute approximate surface area is 199 Å². The van der Waals surface area contributed by atoms with Crippen molar-refractivity contribution in [3.05, 3.63) is 69.9 Å². The van der Waals surface area contributed by atoms with E-state index in [0.29, 0.717) is 25.0 Å². The molecule has 1 aliphatic heterocycles. The van der Waals surface area contributed by atoms with Gasteiger partial charge in [0, 0.05) is 67.0 Å². The maximum atomic E-state index is 12.7. The Bertz CT molecular complexity index is 1230. The average molecular weight is 462 g/mol. The van der Waals surface area contributed by atoms with Gasteiger partial charge in [-0.3, -0.25) is 10.1 Å². The smallest absolute Gasteiger partial charge is 0.317 e. The molecule has 1 fully saturated rings. The minimum absolute atomic E-state index is 0.0147. The van der Waals surface area contributed by atoms with Crippen molar-refractivity contribution in [2.45, 2.75) is 44.7 Å². The van der Waals surface area contributed by atoms with E-state index in [-0.39, 0.29) is 22.7 Å². The summed E-state index contributed by atoms with van der Waals surface area (Å²) in [6.45, 7) is 6.25. The van der Waals surface area contributed by atoms with Crippen LogP contribution in [0.3, 0.4) is 0 Å². The van der Waals surface area contributed by atoms with Crippen LogP contribution in [0.15, 0.2) is 48.7 Å². The molecule has 3 aromatic rings. The number of rotatable bonds is 5. The third-order valence-corrected chi connectivity index (χ3v) is 7.56. The van der Waals surface area contributed by atoms with E-state index in [0.717, 1.165) is 30.6 Å². The van der Waals surface area contributed by atoms with E-state index in [4.69, 9.17) is 0 Å². The number of nitro groups is 1. The average Bonchev–Trinajstić information content (AvgIpc) is 3.20. The summed E-state index contributed by atoms with van der Waals surface area (Å²) in [5.41, 5.74) is 4.77. The molecule has 3 unspecified atom stereocenters. The molecule has 0 bridgehead atoms. The fourth-order valence-electron chi connectivity index (χ4n) is 5.88. The minimum atomic E-state index is -0.370. The third kappa shape index (κ3) is 3.72. The number of amides is 2. The van der Waals surface area contributed by atoms with Crippen LogP contribution >= 0.6 is 0 Å². The number of nitrogens with one attached hydrogen (secondary N) is 1. The highest BCUT2D eigenvalue weighted by Crippen LogP contribution is 2.44. The van der Waals surface area contributed by atoms with Crippen molar-refractivity contribution in [3.63, 3.8) is 0 Å². The number of fused-ring (bicyclic) bond motifs is 2. The van der Waals surface area contributed by atoms with Gasteiger partial charge < -0.3 is 19.7 Å². The van der Waals surface area contributed by atoms with Crippen molar-refractivity contribution in [1.82, 2.24) is 19.7 Å². The second kappa shape index (κ2) is 8.76. The van der Waals surface area contributed by atoms with Gasteiger partial charge in [0.05, 0.1) is 10.4 Å². The van der Waals surface area contributed by atoms with Gasteiger partial charge in [-0.05, 0) is 63.1 Å². The number of likely N-dealkylation sites (N-methyl/N-ethyl adjacent to an activating group) is 1. The van der Waals surface area contributed by atoms with E-state index < -0.39 is 0 Å². The van der Waals surface area contributed by atoms with Crippen LogP contribution in [-0.4, -0.2) is 64.1 Å². The molecule has 2 aromatic carbocycles. The number of aromatic nitrogens is 1. The van der Waals surface area contributed by atoms with Gasteiger partial charge in [0.1, 0.15) is 0 Å². The Hall–Kier alpha value is -3.39. The lowest BCUT2D eigenvalue weighted by Gasteiger charge is -2.45. The largest absolute Gasteiger partial charge is 0.334 e. The Kier molecular flexibility index (Phi) is 5.77. The minimum Gasteiger partial charge on any atom is -0.334 e. The molecule has 1 aromatic heterocycles. The molecule has 0 saturated carbocycles. The van der Waals surface area contributed by atoms with Gasteiger partial charge in [0.25, 0.3) is 5.69 Å². The number of carbonyl (C=O) groups is 1. The van der Waals surface area contributed by atoms with Crippen molar-refractivity contribution in [2.75, 3.05) is 26.7 Å². The first-order chi connectivity index (χ1) is 16.4. The zero-order chi connectivity index (χ0) is 24.0. The Morgan fingerprint density at radius 1 is 1.18 bits per heavy atom. The number of non-ortho nitro benzene ring substituents is 1. The number of piperidine rings is 1. The van der Waals surface area contributed by atoms with Crippen LogP contribution in [-0.2, 0) is 6.42 Å². The maximum Gasteiger partial charge on any atom is 0.317 e. The summed E-state index contributed by atoms with van der Waals surface area (Å²) in [6, 6.07) is 13.7. The standard InChI is InChI=1S/C26H31N5O3/c1-4-29(5-2)26(32)27-18-14-22-21-7-6-8-23-25(21)17(13-24(22)28(3)16-18)15-30(23)19-9-11-20(12-10-19)31(33)34/h6-12,15,18,22,24H,4-5,13-14,16H2,1-3H3,(H,27,32). The molecule has 1 saturated heterocycles. The number of benzene rings is 2. The van der Waals surface area contributed by atoms with E-state index in [1.165, 1.54) is 16.5 Å². The molecule has 1 aliphatic carbocycles. The fraction of sp³-hybridized carbons (Fsp3) is 0.423. The first kappa shape index (κ1) is 22.4. The maximum absolute atomic E-state index is 12.7. The SMILES string of the molecule is CCN(CC)C(=O)NC1CC2c3cccc4c3c(cn4-c3ccc([N+](=O)[O-])cc3)CC2N(C)C1. The first-order valence-corrected chi connectivity index (χ1v) is 12.0. The van der Waals surface area contributed by atoms with Crippen LogP contribution in [0.1, 0.15) is 37.3 Å². The molecule has 0 spiro atoms. The number of hydrogen-bond donors (Lipinski definition) is 1. The van der Waals surface area contributed by atoms with Gasteiger partial charge in [-0.15, -0.1) is 0 Å². The van der Waals surface area contributed by atoms with Gasteiger partial charge in [0.2, 0.25) is 0 Å². The van der Waals surface area contributed by atoms with Crippen molar-refractivity contribution < 1.29 is 9.72 Å². The molecule has 1 N–H and O–H groups in total. The normalized spacial score (nSPS) is 21.8. The third-order valence-electron chi connectivity index (χ3n) is 7.56. The molecular weight excluding hydrogens is 430 g/mol. The summed E-state index contributed by atoms with van der Waals surface area (Å²) < 4.78 is 2.15. The molecule has 3 atom stereocenters. The molecule has 2 heterocycles. The first-order valence-electron chi connectivity index (χ1n) is 12.0. The monoisotopic (exact) mass is 461 g/mol. The molecular formula is C26H31N5O3. The number of likely N-dealkylation sites (tertiary alicyclic amines) is 1. The summed E-state index contributed by atoms with van der Waals surface area (Å²) in [5.74, 6) is 0.338. The lowest BCUT2D eigenvalue weighted by Crippen LogP contribution is -2.56. The molecule has 5 rings (SSSR count). The predicted octanol–water partition coefficient (Wildman–Crippen LogP) is 4.30. The highest BCUT2D eigenvalue weighted by atomic mass is 16.6. The summed E-state index contributed by atoms with van der Waals surface area (Å²) in [5, 5.41) is 15.6. The molecule has 0 radical (unpaired) electrons. The highest BCUT2D eigenvalue weighted by Gasteiger charge is 2.40. The van der Waals surface area contributed by atoms with Crippen LogP contribution in [0.25, 0.3) is 16.6 Å². The van der Waals surface area contributed by atoms with Crippen molar-refractivity contribution in [2.24, 2.45) is 0 Å². The summed E-state index contributed by atoms with van der Waals surface area (Å²) in [4.78, 5) is 27.6. The molecule has 8 nitrogen and oxygen atoms in total. The van der Waals surface area contributed by atoms with Crippen LogP contribution in [0.5, 0.6) is 0 Å². The summed E-state index contributed by atoms with van der Waals surface area (Å²) in [6.07, 6.45) is 4.06. The van der Waals surface area contributed by atoms with Crippen LogP contribution in [0, 0.1) is 10.1 Å². The van der Waals surface area contributed by atoms with E-state index in [1.807, 2.05) is 30.9 Å². The number of urea groups is 1. The molecule has 8 heteroatoms. The number of carbonyl (C=O) groups excluding carboxylic acids is 1. The molecule has 178 valence electrons. The second-order valence-corrected chi connectivity index (χ2v) is 9.41. The molecule has 34 heavy (non-hydrogen) atoms. The lowest BCUT2D eigenvalue weighted by atomic mass is 9.74. The highest BCUT2D eigenvalue weighted by molar-refractivity contribution is 5.90. The number of nitro benzene ring substituents is 1. The van der Waals surface area contributed by atoms with E-state index in [9.17, 15) is 14.9 Å². The zero-order valence-corrected chi connectivity index (χ0v) is 19.9. The van der Waals surface area contributed by atoms with Crippen LogP contribution in [0.4, 0.5) is 10.5 Å². The predicted molar refractivity (Wildman–Crippen MR) is 133 cm³/mol. The molecule has 2 aliphatic rings. The summed E-state index contributed by atoms with van der Waals surface area (Å²) in [7, 11) is 2.16. The quantitative estimate of drug-likeness (QED) is 0.454. The van der Waals surface area contributed by atoms with Crippen molar-refractivity contribution in [3.8, 4) is 5.69 Å². The zero-order valence-electron chi connectivity index (χ0n) is 19.9. The van der Waals surface area contributed by atoms with E-state index in [2.05, 4.69) is 46.2 Å². The van der Waals surface area contributed by atoms with Gasteiger partial charge >= 0.3 is 6.03 Å².